The molecule has 2 aliphatic heterocycles. The summed E-state index contributed by atoms with van der Waals surface area (Å²) in [6.07, 6.45) is 3.44. The highest BCUT2D eigenvalue weighted by Crippen LogP contribution is 2.32. The van der Waals surface area contributed by atoms with Gasteiger partial charge >= 0.3 is 0 Å². The first-order valence-corrected chi connectivity index (χ1v) is 8.78. The zero-order chi connectivity index (χ0) is 14.9. The molecule has 2 aliphatic rings. The van der Waals surface area contributed by atoms with Gasteiger partial charge in [0.15, 0.2) is 5.13 Å². The Hall–Kier alpha value is -1.66. The number of hydrogen-bond donors (Lipinski definition) is 2. The van der Waals surface area contributed by atoms with Gasteiger partial charge in [0.05, 0.1) is 16.1 Å². The summed E-state index contributed by atoms with van der Waals surface area (Å²) in [7, 11) is 0. The van der Waals surface area contributed by atoms with Gasteiger partial charge in [0.25, 0.3) is 0 Å². The average Bonchev–Trinajstić information content (AvgIpc) is 3.26. The fraction of sp³-hybridized carbons (Fsp3) is 0.500. The van der Waals surface area contributed by atoms with Crippen LogP contribution in [0, 0.1) is 5.92 Å². The second-order valence-corrected chi connectivity index (χ2v) is 7.06. The molecule has 5 nitrogen and oxygen atoms in total. The zero-order valence-corrected chi connectivity index (χ0v) is 13.3. The summed E-state index contributed by atoms with van der Waals surface area (Å²) in [6, 6.07) is 6.01. The van der Waals surface area contributed by atoms with Crippen molar-refractivity contribution in [2.45, 2.75) is 19.3 Å². The zero-order valence-electron chi connectivity index (χ0n) is 12.5. The monoisotopic (exact) mass is 316 g/mol. The summed E-state index contributed by atoms with van der Waals surface area (Å²) in [4.78, 5) is 19.3. The lowest BCUT2D eigenvalue weighted by Gasteiger charge is -2.11. The quantitative estimate of drug-likeness (QED) is 0.913. The van der Waals surface area contributed by atoms with Crippen molar-refractivity contribution >= 4 is 38.3 Å². The maximum Gasteiger partial charge on any atom is 0.228 e. The number of aromatic nitrogens is 1. The first-order valence-electron chi connectivity index (χ1n) is 7.97. The van der Waals surface area contributed by atoms with Crippen molar-refractivity contribution in [3.8, 4) is 0 Å². The normalized spacial score (nSPS) is 21.6. The first-order chi connectivity index (χ1) is 10.8. The van der Waals surface area contributed by atoms with Crippen molar-refractivity contribution in [2.24, 2.45) is 5.92 Å². The van der Waals surface area contributed by atoms with Crippen LogP contribution in [0.2, 0.25) is 0 Å². The molecule has 0 radical (unpaired) electrons. The minimum atomic E-state index is 0.0947. The van der Waals surface area contributed by atoms with E-state index in [1.165, 1.54) is 12.8 Å². The third-order valence-corrected chi connectivity index (χ3v) is 5.53. The van der Waals surface area contributed by atoms with Gasteiger partial charge in [0.2, 0.25) is 5.91 Å². The Labute approximate surface area is 133 Å². The third kappa shape index (κ3) is 2.68. The predicted molar refractivity (Wildman–Crippen MR) is 90.7 cm³/mol. The van der Waals surface area contributed by atoms with Crippen LogP contribution >= 0.6 is 11.3 Å². The molecule has 0 bridgehead atoms. The third-order valence-electron chi connectivity index (χ3n) is 4.45. The number of thiazole rings is 1. The van der Waals surface area contributed by atoms with Gasteiger partial charge in [-0.05, 0) is 44.0 Å². The highest BCUT2D eigenvalue weighted by Gasteiger charge is 2.22. The van der Waals surface area contributed by atoms with Gasteiger partial charge in [0.1, 0.15) is 0 Å². The van der Waals surface area contributed by atoms with Crippen LogP contribution in [0.15, 0.2) is 18.2 Å². The van der Waals surface area contributed by atoms with Gasteiger partial charge in [-0.15, -0.1) is 0 Å². The van der Waals surface area contributed by atoms with Gasteiger partial charge in [-0.25, -0.2) is 4.98 Å². The largest absolute Gasteiger partial charge is 0.348 e. The standard InChI is InChI=1S/C16H20N4OS/c21-15(11-5-6-17-10-11)18-12-3-4-13-14(9-12)22-16(19-13)20-7-1-2-8-20/h3-4,9,11,17H,1-2,5-8,10H2,(H,18,21). The molecule has 0 saturated carbocycles. The van der Waals surface area contributed by atoms with Gasteiger partial charge < -0.3 is 15.5 Å². The summed E-state index contributed by atoms with van der Waals surface area (Å²) in [5, 5.41) is 7.38. The Morgan fingerprint density at radius 3 is 3.00 bits per heavy atom. The van der Waals surface area contributed by atoms with Crippen molar-refractivity contribution in [3.63, 3.8) is 0 Å². The summed E-state index contributed by atoms with van der Waals surface area (Å²) >= 11 is 1.72. The van der Waals surface area contributed by atoms with Gasteiger partial charge in [-0.2, -0.15) is 0 Å². The highest BCUT2D eigenvalue weighted by atomic mass is 32.1. The maximum atomic E-state index is 12.2. The Morgan fingerprint density at radius 1 is 1.36 bits per heavy atom. The molecular weight excluding hydrogens is 296 g/mol. The van der Waals surface area contributed by atoms with Crippen molar-refractivity contribution in [3.05, 3.63) is 18.2 Å². The Morgan fingerprint density at radius 2 is 2.23 bits per heavy atom. The summed E-state index contributed by atoms with van der Waals surface area (Å²) in [5.41, 5.74) is 1.90. The van der Waals surface area contributed by atoms with Crippen molar-refractivity contribution in [2.75, 3.05) is 36.4 Å². The molecule has 4 rings (SSSR count). The highest BCUT2D eigenvalue weighted by molar-refractivity contribution is 7.22. The van der Waals surface area contributed by atoms with E-state index in [1.54, 1.807) is 11.3 Å². The fourth-order valence-corrected chi connectivity index (χ4v) is 4.21. The molecule has 0 spiro atoms. The molecule has 1 unspecified atom stereocenters. The van der Waals surface area contributed by atoms with Crippen LogP contribution < -0.4 is 15.5 Å². The van der Waals surface area contributed by atoms with Crippen LogP contribution in [-0.2, 0) is 4.79 Å². The van der Waals surface area contributed by atoms with Crippen molar-refractivity contribution < 1.29 is 4.79 Å². The van der Waals surface area contributed by atoms with E-state index in [0.717, 1.165) is 53.6 Å². The lowest BCUT2D eigenvalue weighted by Crippen LogP contribution is -2.24. The summed E-state index contributed by atoms with van der Waals surface area (Å²) in [5.74, 6) is 0.214. The summed E-state index contributed by atoms with van der Waals surface area (Å²) in [6.45, 7) is 3.94. The van der Waals surface area contributed by atoms with Gasteiger partial charge in [0, 0.05) is 25.3 Å². The van der Waals surface area contributed by atoms with Crippen LogP contribution in [0.1, 0.15) is 19.3 Å². The van der Waals surface area contributed by atoms with E-state index in [2.05, 4.69) is 15.5 Å². The first kappa shape index (κ1) is 14.0. The van der Waals surface area contributed by atoms with Gasteiger partial charge in [-0.3, -0.25) is 4.79 Å². The molecule has 0 aliphatic carbocycles. The van der Waals surface area contributed by atoms with Crippen LogP contribution in [-0.4, -0.2) is 37.1 Å². The molecule has 6 heteroatoms. The number of carbonyl (C=O) groups is 1. The Balaban J connectivity index is 1.53. The lowest BCUT2D eigenvalue weighted by molar-refractivity contribution is -0.119. The number of amides is 1. The van der Waals surface area contributed by atoms with Crippen molar-refractivity contribution in [1.29, 1.82) is 0 Å². The van der Waals surface area contributed by atoms with Crippen LogP contribution in [0.25, 0.3) is 10.2 Å². The van der Waals surface area contributed by atoms with Crippen LogP contribution in [0.3, 0.4) is 0 Å². The number of nitrogens with one attached hydrogen (secondary N) is 2. The molecule has 22 heavy (non-hydrogen) atoms. The van der Waals surface area contributed by atoms with E-state index in [1.807, 2.05) is 18.2 Å². The maximum absolute atomic E-state index is 12.2. The Bertz CT molecular complexity index is 687. The summed E-state index contributed by atoms with van der Waals surface area (Å²) < 4.78 is 1.14. The molecule has 2 N–H and O–H groups in total. The van der Waals surface area contributed by atoms with E-state index in [4.69, 9.17) is 4.98 Å². The van der Waals surface area contributed by atoms with E-state index >= 15 is 0 Å². The molecule has 1 aromatic heterocycles. The Kier molecular flexibility index (Phi) is 3.72. The molecule has 2 aromatic rings. The molecule has 1 amide bonds. The number of anilines is 2. The smallest absolute Gasteiger partial charge is 0.228 e. The number of nitrogens with zero attached hydrogens (tertiary/aromatic N) is 2. The van der Waals surface area contributed by atoms with E-state index in [0.29, 0.717) is 0 Å². The minimum absolute atomic E-state index is 0.0947. The lowest BCUT2D eigenvalue weighted by atomic mass is 10.1. The van der Waals surface area contributed by atoms with Crippen LogP contribution in [0.5, 0.6) is 0 Å². The molecule has 116 valence electrons. The topological polar surface area (TPSA) is 57.3 Å². The van der Waals surface area contributed by atoms with E-state index < -0.39 is 0 Å². The molecule has 3 heterocycles. The average molecular weight is 316 g/mol. The number of hydrogen-bond acceptors (Lipinski definition) is 5. The fourth-order valence-electron chi connectivity index (χ4n) is 3.16. The van der Waals surface area contributed by atoms with E-state index in [9.17, 15) is 4.79 Å². The number of fused-ring (bicyclic) bond motifs is 1. The molecule has 2 saturated heterocycles. The molecule has 1 aromatic carbocycles. The van der Waals surface area contributed by atoms with Gasteiger partial charge in [-0.1, -0.05) is 11.3 Å². The molecular formula is C16H20N4OS. The van der Waals surface area contributed by atoms with Crippen LogP contribution in [0.4, 0.5) is 10.8 Å². The second-order valence-electron chi connectivity index (χ2n) is 6.05. The SMILES string of the molecule is O=C(Nc1ccc2nc(N3CCCC3)sc2c1)C1CCNC1. The number of benzene rings is 1. The molecule has 2 fully saturated rings. The second kappa shape index (κ2) is 5.85. The predicted octanol–water partition coefficient (Wildman–Crippen LogP) is 2.44. The molecule has 1 atom stereocenters. The minimum Gasteiger partial charge on any atom is -0.348 e. The van der Waals surface area contributed by atoms with Crippen molar-refractivity contribution in [1.82, 2.24) is 10.3 Å². The number of rotatable bonds is 3. The number of carbonyl (C=O) groups excluding carboxylic acids is 1. The van der Waals surface area contributed by atoms with E-state index in [-0.39, 0.29) is 11.8 Å².